The largest absolute Gasteiger partial charge is 0.306 e. The maximum atomic E-state index is 13.2. The van der Waals surface area contributed by atoms with Crippen molar-refractivity contribution in [3.05, 3.63) is 83.9 Å². The third-order valence-corrected chi connectivity index (χ3v) is 4.85. The number of benzene rings is 2. The number of halogens is 1. The van der Waals surface area contributed by atoms with Gasteiger partial charge < -0.3 is 4.90 Å². The van der Waals surface area contributed by atoms with Crippen LogP contribution in [0.4, 0.5) is 10.1 Å². The van der Waals surface area contributed by atoms with Crippen LogP contribution in [0.3, 0.4) is 0 Å². The predicted octanol–water partition coefficient (Wildman–Crippen LogP) is 3.74. The molecule has 5 rings (SSSR count). The molecule has 0 atom stereocenters. The molecule has 0 saturated heterocycles. The van der Waals surface area contributed by atoms with E-state index < -0.39 is 0 Å². The van der Waals surface area contributed by atoms with Gasteiger partial charge in [0.05, 0.1) is 5.69 Å². The summed E-state index contributed by atoms with van der Waals surface area (Å²) in [4.78, 5) is 19.1. The van der Waals surface area contributed by atoms with Crippen LogP contribution in [0.2, 0.25) is 0 Å². The summed E-state index contributed by atoms with van der Waals surface area (Å²) in [6.45, 7) is 0.643. The number of carbonyl (C=O) groups is 1. The molecule has 2 aromatic carbocycles. The molecular formula is C21H15FN4O. The Hall–Kier alpha value is -3.54. The lowest BCUT2D eigenvalue weighted by molar-refractivity contribution is 0.0984. The van der Waals surface area contributed by atoms with Crippen molar-refractivity contribution >= 4 is 17.2 Å². The highest BCUT2D eigenvalue weighted by Crippen LogP contribution is 2.29. The Balaban J connectivity index is 1.57. The smallest absolute Gasteiger partial charge is 0.278 e. The van der Waals surface area contributed by atoms with Gasteiger partial charge in [0.15, 0.2) is 11.3 Å². The zero-order valence-electron chi connectivity index (χ0n) is 14.3. The lowest BCUT2D eigenvalue weighted by atomic mass is 10.1. The van der Waals surface area contributed by atoms with E-state index in [1.54, 1.807) is 39.9 Å². The van der Waals surface area contributed by atoms with E-state index >= 15 is 0 Å². The van der Waals surface area contributed by atoms with Gasteiger partial charge >= 0.3 is 0 Å². The van der Waals surface area contributed by atoms with Crippen molar-refractivity contribution in [3.63, 3.8) is 0 Å². The molecule has 132 valence electrons. The predicted molar refractivity (Wildman–Crippen MR) is 100 cm³/mol. The topological polar surface area (TPSA) is 50.5 Å². The van der Waals surface area contributed by atoms with Gasteiger partial charge in [0, 0.05) is 30.1 Å². The average Bonchev–Trinajstić information content (AvgIpc) is 3.32. The molecule has 1 amide bonds. The summed E-state index contributed by atoms with van der Waals surface area (Å²) in [5.74, 6) is -0.441. The van der Waals surface area contributed by atoms with Crippen molar-refractivity contribution in [2.45, 2.75) is 6.42 Å². The lowest BCUT2D eigenvalue weighted by Gasteiger charge is -2.15. The molecule has 0 fully saturated rings. The van der Waals surface area contributed by atoms with Gasteiger partial charge in [-0.1, -0.05) is 18.2 Å². The van der Waals surface area contributed by atoms with Gasteiger partial charge in [-0.05, 0) is 48.4 Å². The summed E-state index contributed by atoms with van der Waals surface area (Å²) >= 11 is 0. The Morgan fingerprint density at radius 3 is 2.70 bits per heavy atom. The molecule has 0 N–H and O–H groups in total. The summed E-state index contributed by atoms with van der Waals surface area (Å²) in [5.41, 5.74) is 4.57. The normalized spacial score (nSPS) is 13.1. The molecule has 0 bridgehead atoms. The van der Waals surface area contributed by atoms with Crippen molar-refractivity contribution in [2.24, 2.45) is 0 Å². The summed E-state index contributed by atoms with van der Waals surface area (Å²) in [7, 11) is 0. The van der Waals surface area contributed by atoms with Crippen molar-refractivity contribution in [3.8, 4) is 11.3 Å². The molecule has 27 heavy (non-hydrogen) atoms. The first-order chi connectivity index (χ1) is 13.2. The molecular weight excluding hydrogens is 343 g/mol. The first-order valence-electron chi connectivity index (χ1n) is 8.71. The maximum absolute atomic E-state index is 13.2. The number of anilines is 1. The minimum absolute atomic E-state index is 0.143. The Labute approximate surface area is 154 Å². The van der Waals surface area contributed by atoms with Crippen molar-refractivity contribution in [1.29, 1.82) is 0 Å². The molecule has 2 aromatic heterocycles. The van der Waals surface area contributed by atoms with Crippen LogP contribution in [0.5, 0.6) is 0 Å². The average molecular weight is 358 g/mol. The number of aromatic nitrogens is 3. The van der Waals surface area contributed by atoms with E-state index in [1.807, 2.05) is 24.3 Å². The Bertz CT molecular complexity index is 1170. The molecule has 0 spiro atoms. The highest BCUT2D eigenvalue weighted by Gasteiger charge is 2.27. The van der Waals surface area contributed by atoms with Gasteiger partial charge in [0.2, 0.25) is 0 Å². The lowest BCUT2D eigenvalue weighted by Crippen LogP contribution is -2.29. The number of nitrogens with zero attached hydrogens (tertiary/aromatic N) is 4. The van der Waals surface area contributed by atoms with Gasteiger partial charge in [0.1, 0.15) is 5.82 Å². The molecule has 1 aliphatic rings. The van der Waals surface area contributed by atoms with E-state index in [0.717, 1.165) is 23.4 Å². The van der Waals surface area contributed by atoms with Gasteiger partial charge in [-0.2, -0.15) is 5.10 Å². The zero-order chi connectivity index (χ0) is 18.4. The molecule has 0 unspecified atom stereocenters. The van der Waals surface area contributed by atoms with E-state index in [2.05, 4.69) is 10.1 Å². The number of carbonyl (C=O) groups excluding carboxylic acids is 1. The molecule has 3 heterocycles. The first-order valence-corrected chi connectivity index (χ1v) is 8.71. The number of hydrogen-bond acceptors (Lipinski definition) is 3. The third-order valence-electron chi connectivity index (χ3n) is 4.85. The van der Waals surface area contributed by atoms with Gasteiger partial charge in [-0.25, -0.2) is 13.9 Å². The van der Waals surface area contributed by atoms with Crippen LogP contribution in [0.1, 0.15) is 16.1 Å². The first kappa shape index (κ1) is 15.7. The molecule has 1 aliphatic heterocycles. The van der Waals surface area contributed by atoms with Crippen LogP contribution >= 0.6 is 0 Å². The monoisotopic (exact) mass is 358 g/mol. The number of amides is 1. The number of rotatable bonds is 2. The maximum Gasteiger partial charge on any atom is 0.278 e. The minimum Gasteiger partial charge on any atom is -0.306 e. The second-order valence-electron chi connectivity index (χ2n) is 6.47. The van der Waals surface area contributed by atoms with Crippen LogP contribution in [-0.2, 0) is 6.42 Å². The molecule has 4 aromatic rings. The van der Waals surface area contributed by atoms with Crippen molar-refractivity contribution < 1.29 is 9.18 Å². The Morgan fingerprint density at radius 1 is 1.04 bits per heavy atom. The van der Waals surface area contributed by atoms with E-state index in [-0.39, 0.29) is 11.7 Å². The van der Waals surface area contributed by atoms with E-state index in [0.29, 0.717) is 17.9 Å². The Morgan fingerprint density at radius 2 is 1.85 bits per heavy atom. The minimum atomic E-state index is -0.298. The van der Waals surface area contributed by atoms with Crippen LogP contribution in [-0.4, -0.2) is 27.0 Å². The number of fused-ring (bicyclic) bond motifs is 2. The van der Waals surface area contributed by atoms with E-state index in [1.165, 1.54) is 17.7 Å². The molecule has 6 heteroatoms. The molecule has 0 saturated carbocycles. The highest BCUT2D eigenvalue weighted by atomic mass is 19.1. The fourth-order valence-corrected chi connectivity index (χ4v) is 3.53. The number of hydrogen-bond donors (Lipinski definition) is 0. The van der Waals surface area contributed by atoms with Gasteiger partial charge in [-0.15, -0.1) is 0 Å². The van der Waals surface area contributed by atoms with Crippen LogP contribution in [0.25, 0.3) is 16.9 Å². The van der Waals surface area contributed by atoms with E-state index in [9.17, 15) is 9.18 Å². The van der Waals surface area contributed by atoms with Crippen LogP contribution in [0.15, 0.2) is 66.9 Å². The van der Waals surface area contributed by atoms with Crippen molar-refractivity contribution in [1.82, 2.24) is 14.6 Å². The quantitative estimate of drug-likeness (QED) is 0.548. The SMILES string of the molecule is O=C(c1cc2nccc(-c3ccc(F)cc3)n2n1)N1CCc2ccccc21. The van der Waals surface area contributed by atoms with E-state index in [4.69, 9.17) is 0 Å². The van der Waals surface area contributed by atoms with Gasteiger partial charge in [-0.3, -0.25) is 4.79 Å². The Kier molecular flexibility index (Phi) is 3.50. The second kappa shape index (κ2) is 6.02. The third kappa shape index (κ3) is 2.57. The summed E-state index contributed by atoms with van der Waals surface area (Å²) in [6.07, 6.45) is 2.50. The van der Waals surface area contributed by atoms with Crippen LogP contribution < -0.4 is 4.90 Å². The fraction of sp³-hybridized carbons (Fsp3) is 0.0952. The van der Waals surface area contributed by atoms with Crippen molar-refractivity contribution in [2.75, 3.05) is 11.4 Å². The molecule has 0 aliphatic carbocycles. The summed E-state index contributed by atoms with van der Waals surface area (Å²) in [5, 5.41) is 4.50. The fourth-order valence-electron chi connectivity index (χ4n) is 3.53. The zero-order valence-corrected chi connectivity index (χ0v) is 14.3. The molecule has 5 nitrogen and oxygen atoms in total. The summed E-state index contributed by atoms with van der Waals surface area (Å²) in [6, 6.07) is 17.6. The second-order valence-corrected chi connectivity index (χ2v) is 6.47. The van der Waals surface area contributed by atoms with Gasteiger partial charge in [0.25, 0.3) is 5.91 Å². The molecule has 0 radical (unpaired) electrons. The summed E-state index contributed by atoms with van der Waals surface area (Å²) < 4.78 is 14.9. The standard InChI is InChI=1S/C21H15FN4O/c22-16-7-5-15(6-8-16)19-9-11-23-20-13-17(24-26(19)20)21(27)25-12-10-14-3-1-2-4-18(14)25/h1-9,11,13H,10,12H2. The highest BCUT2D eigenvalue weighted by molar-refractivity contribution is 6.06. The van der Waals surface area contributed by atoms with Crippen LogP contribution in [0, 0.1) is 5.82 Å². The number of para-hydroxylation sites is 1.